The van der Waals surface area contributed by atoms with Crippen molar-refractivity contribution in [2.45, 2.75) is 0 Å². The zero-order chi connectivity index (χ0) is 21.7. The highest BCUT2D eigenvalue weighted by Crippen LogP contribution is 2.34. The van der Waals surface area contributed by atoms with Gasteiger partial charge in [-0.25, -0.2) is 18.6 Å². The molecule has 0 bridgehead atoms. The Morgan fingerprint density at radius 2 is 1.76 bits per heavy atom. The molecule has 4 N–H and O–H groups in total. The van der Waals surface area contributed by atoms with Gasteiger partial charge < -0.3 is 21.1 Å². The Balaban J connectivity index is 1.84. The molecule has 1 heterocycles. The summed E-state index contributed by atoms with van der Waals surface area (Å²) in [6.07, 6.45) is 0. The van der Waals surface area contributed by atoms with Gasteiger partial charge in [-0.15, -0.1) is 0 Å². The van der Waals surface area contributed by atoms with Gasteiger partial charge in [-0.1, -0.05) is 34.8 Å². The number of rotatable bonds is 6. The van der Waals surface area contributed by atoms with Gasteiger partial charge in [0.05, 0.1) is 17.3 Å². The molecule has 8 nitrogen and oxygen atoms in total. The molecule has 0 spiro atoms. The quantitative estimate of drug-likeness (QED) is 0.443. The maximum Gasteiger partial charge on any atom is 0.359 e. The average Bonchev–Trinajstić information content (AvgIpc) is 2.68. The summed E-state index contributed by atoms with van der Waals surface area (Å²) in [5.74, 6) is -4.87. The predicted molar refractivity (Wildman–Crippen MR) is 102 cm³/mol. The Morgan fingerprint density at radius 1 is 1.07 bits per heavy atom. The fourth-order valence-electron chi connectivity index (χ4n) is 1.88. The number of aromatic nitrogens is 1. The van der Waals surface area contributed by atoms with Gasteiger partial charge in [-0.3, -0.25) is 9.59 Å². The van der Waals surface area contributed by atoms with Gasteiger partial charge in [0.2, 0.25) is 5.91 Å². The van der Waals surface area contributed by atoms with Crippen LogP contribution in [0.25, 0.3) is 0 Å². The number of esters is 1. The van der Waals surface area contributed by atoms with E-state index in [4.69, 9.17) is 45.3 Å². The zero-order valence-corrected chi connectivity index (χ0v) is 16.5. The van der Waals surface area contributed by atoms with E-state index in [1.807, 2.05) is 0 Å². The molecule has 0 aliphatic carbocycles. The lowest BCUT2D eigenvalue weighted by Gasteiger charge is -2.10. The van der Waals surface area contributed by atoms with Crippen LogP contribution in [0.15, 0.2) is 18.2 Å². The molecule has 154 valence electrons. The number of nitrogens with one attached hydrogen (secondary N) is 2. The van der Waals surface area contributed by atoms with Gasteiger partial charge in [-0.2, -0.15) is 0 Å². The van der Waals surface area contributed by atoms with Crippen molar-refractivity contribution in [3.8, 4) is 0 Å². The normalized spacial score (nSPS) is 10.4. The third kappa shape index (κ3) is 5.89. The van der Waals surface area contributed by atoms with Crippen LogP contribution in [0.3, 0.4) is 0 Å². The molecule has 0 aliphatic rings. The van der Waals surface area contributed by atoms with Crippen molar-refractivity contribution in [3.05, 3.63) is 50.7 Å². The highest BCUT2D eigenvalue weighted by Gasteiger charge is 2.21. The number of carbonyl (C=O) groups excluding carboxylic acids is 3. The third-order valence-electron chi connectivity index (χ3n) is 3.25. The number of nitrogens with zero attached hydrogens (tertiary/aromatic N) is 1. The van der Waals surface area contributed by atoms with Crippen molar-refractivity contribution in [1.82, 2.24) is 10.3 Å². The lowest BCUT2D eigenvalue weighted by molar-refractivity contribution is -0.126. The highest BCUT2D eigenvalue weighted by molar-refractivity contribution is 6.46. The van der Waals surface area contributed by atoms with Crippen LogP contribution in [0, 0.1) is 11.6 Å². The fraction of sp³-hybridized carbons (Fsp3) is 0.125. The molecule has 0 fully saturated rings. The van der Waals surface area contributed by atoms with Crippen LogP contribution in [0.5, 0.6) is 0 Å². The van der Waals surface area contributed by atoms with Crippen LogP contribution in [0.2, 0.25) is 15.2 Å². The molecule has 0 saturated heterocycles. The van der Waals surface area contributed by atoms with Crippen LogP contribution in [0.1, 0.15) is 10.5 Å². The Morgan fingerprint density at radius 3 is 2.41 bits per heavy atom. The molecular formula is C16H11Cl3F2N4O4. The van der Waals surface area contributed by atoms with Crippen molar-refractivity contribution < 1.29 is 27.9 Å². The fourth-order valence-corrected chi connectivity index (χ4v) is 2.46. The number of hydrogen-bond donors (Lipinski definition) is 3. The van der Waals surface area contributed by atoms with E-state index < -0.39 is 48.3 Å². The summed E-state index contributed by atoms with van der Waals surface area (Å²) in [4.78, 5) is 39.0. The number of anilines is 2. The molecule has 0 saturated carbocycles. The molecule has 2 rings (SSSR count). The SMILES string of the molecule is Nc1c(Cl)c(Cl)nc(C(=O)OCC(=O)NCC(=O)Nc2ccc(F)c(F)c2)c1Cl. The van der Waals surface area contributed by atoms with Crippen molar-refractivity contribution in [1.29, 1.82) is 0 Å². The van der Waals surface area contributed by atoms with Gasteiger partial charge in [0, 0.05) is 11.8 Å². The Bertz CT molecular complexity index is 991. The van der Waals surface area contributed by atoms with Crippen LogP contribution < -0.4 is 16.4 Å². The summed E-state index contributed by atoms with van der Waals surface area (Å²) in [5, 5.41) is 3.69. The second-order valence-corrected chi connectivity index (χ2v) is 6.44. The lowest BCUT2D eigenvalue weighted by atomic mass is 10.3. The van der Waals surface area contributed by atoms with E-state index in [1.54, 1.807) is 0 Å². The van der Waals surface area contributed by atoms with Crippen molar-refractivity contribution >= 4 is 64.0 Å². The van der Waals surface area contributed by atoms with Crippen LogP contribution in [-0.4, -0.2) is 35.9 Å². The minimum atomic E-state index is -1.14. The first-order valence-electron chi connectivity index (χ1n) is 7.58. The largest absolute Gasteiger partial charge is 0.451 e. The predicted octanol–water partition coefficient (Wildman–Crippen LogP) is 2.81. The van der Waals surface area contributed by atoms with E-state index in [1.165, 1.54) is 0 Å². The number of ether oxygens (including phenoxy) is 1. The first kappa shape index (κ1) is 22.6. The number of hydrogen-bond acceptors (Lipinski definition) is 6. The van der Waals surface area contributed by atoms with Crippen LogP contribution in [0.4, 0.5) is 20.2 Å². The summed E-state index contributed by atoms with van der Waals surface area (Å²) >= 11 is 17.3. The van der Waals surface area contributed by atoms with E-state index in [2.05, 4.69) is 15.6 Å². The van der Waals surface area contributed by atoms with Gasteiger partial charge >= 0.3 is 5.97 Å². The molecule has 0 unspecified atom stereocenters. The average molecular weight is 468 g/mol. The molecule has 1 aromatic carbocycles. The molecule has 1 aromatic heterocycles. The number of nitrogen functional groups attached to an aromatic ring is 1. The molecule has 0 radical (unpaired) electrons. The molecule has 2 amide bonds. The number of halogens is 5. The maximum atomic E-state index is 13.1. The van der Waals surface area contributed by atoms with E-state index >= 15 is 0 Å². The van der Waals surface area contributed by atoms with Crippen molar-refractivity contribution in [2.24, 2.45) is 0 Å². The first-order valence-corrected chi connectivity index (χ1v) is 8.72. The standard InChI is InChI=1S/C16H11Cl3F2N4O4/c17-11-13(22)12(18)15(19)25-14(11)16(28)29-5-10(27)23-4-9(26)24-6-1-2-7(20)8(21)3-6/h1-3H,4-5H2,(H2,22,25)(H,23,27)(H,24,26). The van der Waals surface area contributed by atoms with Crippen LogP contribution in [-0.2, 0) is 14.3 Å². The Labute approximate surface area is 177 Å². The molecule has 2 aromatic rings. The van der Waals surface area contributed by atoms with Crippen molar-refractivity contribution in [3.63, 3.8) is 0 Å². The second kappa shape index (κ2) is 9.68. The molecule has 13 heteroatoms. The summed E-state index contributed by atoms with van der Waals surface area (Å²) in [6, 6.07) is 2.74. The number of pyridine rings is 1. The summed E-state index contributed by atoms with van der Waals surface area (Å²) in [6.45, 7) is -1.29. The van der Waals surface area contributed by atoms with E-state index in [9.17, 15) is 23.2 Å². The number of amides is 2. The van der Waals surface area contributed by atoms with Gasteiger partial charge in [-0.05, 0) is 12.1 Å². The van der Waals surface area contributed by atoms with Gasteiger partial charge in [0.1, 0.15) is 5.02 Å². The summed E-state index contributed by atoms with van der Waals surface area (Å²) in [5.41, 5.74) is 4.94. The smallest absolute Gasteiger partial charge is 0.359 e. The Kier molecular flexibility index (Phi) is 7.54. The van der Waals surface area contributed by atoms with Gasteiger partial charge in [0.25, 0.3) is 5.91 Å². The number of nitrogens with two attached hydrogens (primary N) is 1. The van der Waals surface area contributed by atoms with E-state index in [0.29, 0.717) is 0 Å². The Hall–Kier alpha value is -2.69. The van der Waals surface area contributed by atoms with Crippen molar-refractivity contribution in [2.75, 3.05) is 24.2 Å². The monoisotopic (exact) mass is 466 g/mol. The van der Waals surface area contributed by atoms with E-state index in [0.717, 1.165) is 18.2 Å². The molecule has 0 aliphatic heterocycles. The molecule has 29 heavy (non-hydrogen) atoms. The molecular weight excluding hydrogens is 457 g/mol. The number of benzene rings is 1. The maximum absolute atomic E-state index is 13.1. The summed E-state index contributed by atoms with van der Waals surface area (Å²) in [7, 11) is 0. The molecule has 0 atom stereocenters. The summed E-state index contributed by atoms with van der Waals surface area (Å²) < 4.78 is 30.6. The van der Waals surface area contributed by atoms with Crippen LogP contribution >= 0.6 is 34.8 Å². The topological polar surface area (TPSA) is 123 Å². The first-order chi connectivity index (χ1) is 13.6. The number of carbonyl (C=O) groups is 3. The van der Waals surface area contributed by atoms with Gasteiger partial charge in [0.15, 0.2) is 29.1 Å². The highest BCUT2D eigenvalue weighted by atomic mass is 35.5. The second-order valence-electron chi connectivity index (χ2n) is 5.32. The minimum Gasteiger partial charge on any atom is -0.451 e. The zero-order valence-electron chi connectivity index (χ0n) is 14.2. The third-order valence-corrected chi connectivity index (χ3v) is 4.38. The minimum absolute atomic E-state index is 0.00695. The van der Waals surface area contributed by atoms with E-state index in [-0.39, 0.29) is 26.6 Å². The lowest BCUT2D eigenvalue weighted by Crippen LogP contribution is -2.35.